The van der Waals surface area contributed by atoms with Gasteiger partial charge in [0.1, 0.15) is 0 Å². The SMILES string of the molecule is C[C@@H]1CC[C@@]2(OC1)O[C@H]1C[C@H]3[C@@H]4CCC5=CC(=O)C[C@@H](O)[C@]5(C)[C@H]4CC[C@]3(C)[C@H]1[C@@H]2C. The van der Waals surface area contributed by atoms with Crippen molar-refractivity contribution in [2.45, 2.75) is 97.1 Å². The molecule has 31 heavy (non-hydrogen) atoms. The number of hydrogen-bond acceptors (Lipinski definition) is 4. The minimum Gasteiger partial charge on any atom is -0.392 e. The van der Waals surface area contributed by atoms with Gasteiger partial charge in [0.2, 0.25) is 0 Å². The van der Waals surface area contributed by atoms with Gasteiger partial charge in [-0.3, -0.25) is 4.79 Å². The molecule has 0 aromatic carbocycles. The fourth-order valence-electron chi connectivity index (χ4n) is 9.63. The highest BCUT2D eigenvalue weighted by atomic mass is 16.7. The zero-order valence-corrected chi connectivity index (χ0v) is 19.7. The van der Waals surface area contributed by atoms with Gasteiger partial charge in [0.05, 0.1) is 18.8 Å². The summed E-state index contributed by atoms with van der Waals surface area (Å²) in [5, 5.41) is 11.1. The molecule has 0 aromatic heterocycles. The van der Waals surface area contributed by atoms with E-state index in [1.807, 2.05) is 6.08 Å². The van der Waals surface area contributed by atoms with Crippen LogP contribution in [-0.4, -0.2) is 35.5 Å². The van der Waals surface area contributed by atoms with Crippen LogP contribution in [0.5, 0.6) is 0 Å². The van der Waals surface area contributed by atoms with Gasteiger partial charge in [-0.05, 0) is 79.6 Å². The maximum atomic E-state index is 12.1. The van der Waals surface area contributed by atoms with Crippen molar-refractivity contribution < 1.29 is 19.4 Å². The lowest BCUT2D eigenvalue weighted by Gasteiger charge is -2.59. The van der Waals surface area contributed by atoms with Crippen molar-refractivity contribution in [2.75, 3.05) is 6.61 Å². The van der Waals surface area contributed by atoms with Gasteiger partial charge in [-0.1, -0.05) is 33.3 Å². The number of fused-ring (bicyclic) bond motifs is 7. The fraction of sp³-hybridized carbons (Fsp3) is 0.889. The van der Waals surface area contributed by atoms with Crippen molar-refractivity contribution >= 4 is 5.78 Å². The van der Waals surface area contributed by atoms with Crippen LogP contribution in [0.15, 0.2) is 11.6 Å². The lowest BCUT2D eigenvalue weighted by molar-refractivity contribution is -0.272. The average molecular weight is 429 g/mol. The Hall–Kier alpha value is -0.710. The van der Waals surface area contributed by atoms with Gasteiger partial charge < -0.3 is 14.6 Å². The quantitative estimate of drug-likeness (QED) is 0.597. The first-order valence-electron chi connectivity index (χ1n) is 12.9. The number of ether oxygens (including phenoxy) is 2. The maximum absolute atomic E-state index is 12.1. The van der Waals surface area contributed by atoms with Crippen LogP contribution in [0, 0.1) is 46.3 Å². The normalized spacial score (nSPS) is 58.4. The molecule has 5 fully saturated rings. The second kappa shape index (κ2) is 6.67. The molecule has 6 rings (SSSR count). The number of aliphatic hydroxyl groups is 1. The number of carbonyl (C=O) groups excluding carboxylic acids is 1. The van der Waals surface area contributed by atoms with Crippen LogP contribution in [0.4, 0.5) is 0 Å². The molecule has 2 aliphatic heterocycles. The molecule has 2 saturated heterocycles. The van der Waals surface area contributed by atoms with E-state index in [1.165, 1.54) is 24.8 Å². The first-order valence-corrected chi connectivity index (χ1v) is 12.9. The first-order chi connectivity index (χ1) is 14.7. The number of carbonyl (C=O) groups is 1. The smallest absolute Gasteiger partial charge is 0.171 e. The van der Waals surface area contributed by atoms with Gasteiger partial charge in [0.15, 0.2) is 11.6 Å². The second-order valence-corrected chi connectivity index (χ2v) is 12.6. The third-order valence-corrected chi connectivity index (χ3v) is 11.3. The molecule has 0 radical (unpaired) electrons. The molecule has 4 aliphatic carbocycles. The predicted molar refractivity (Wildman–Crippen MR) is 118 cm³/mol. The van der Waals surface area contributed by atoms with E-state index in [4.69, 9.17) is 9.47 Å². The van der Waals surface area contributed by atoms with E-state index in [0.29, 0.717) is 53.4 Å². The highest BCUT2D eigenvalue weighted by Crippen LogP contribution is 2.70. The average Bonchev–Trinajstić information content (AvgIpc) is 3.16. The van der Waals surface area contributed by atoms with Gasteiger partial charge in [0, 0.05) is 24.2 Å². The molecule has 172 valence electrons. The maximum Gasteiger partial charge on any atom is 0.171 e. The van der Waals surface area contributed by atoms with Gasteiger partial charge in [0.25, 0.3) is 0 Å². The second-order valence-electron chi connectivity index (χ2n) is 12.6. The summed E-state index contributed by atoms with van der Waals surface area (Å²) < 4.78 is 13.3. The van der Waals surface area contributed by atoms with E-state index in [1.54, 1.807) is 0 Å². The summed E-state index contributed by atoms with van der Waals surface area (Å²) in [6, 6.07) is 0. The lowest BCUT2D eigenvalue weighted by atomic mass is 9.45. The summed E-state index contributed by atoms with van der Waals surface area (Å²) >= 11 is 0. The molecule has 1 spiro atoms. The molecule has 2 heterocycles. The van der Waals surface area contributed by atoms with Crippen LogP contribution in [0.25, 0.3) is 0 Å². The van der Waals surface area contributed by atoms with Crippen LogP contribution >= 0.6 is 0 Å². The summed E-state index contributed by atoms with van der Waals surface area (Å²) in [5.41, 5.74) is 1.31. The highest BCUT2D eigenvalue weighted by molar-refractivity contribution is 5.92. The van der Waals surface area contributed by atoms with Crippen molar-refractivity contribution in [1.29, 1.82) is 0 Å². The Labute approximate surface area is 187 Å². The molecule has 0 aromatic rings. The number of aliphatic hydroxyl groups excluding tert-OH is 1. The molecule has 0 bridgehead atoms. The Kier molecular flexibility index (Phi) is 4.49. The molecule has 0 amide bonds. The summed E-state index contributed by atoms with van der Waals surface area (Å²) in [5.74, 6) is 3.21. The summed E-state index contributed by atoms with van der Waals surface area (Å²) in [7, 11) is 0. The van der Waals surface area contributed by atoms with Crippen molar-refractivity contribution in [3.8, 4) is 0 Å². The van der Waals surface area contributed by atoms with Crippen LogP contribution in [0.2, 0.25) is 0 Å². The first kappa shape index (κ1) is 20.9. The monoisotopic (exact) mass is 428 g/mol. The van der Waals surface area contributed by atoms with E-state index in [9.17, 15) is 9.90 Å². The zero-order valence-electron chi connectivity index (χ0n) is 19.7. The third kappa shape index (κ3) is 2.62. The summed E-state index contributed by atoms with van der Waals surface area (Å²) in [6.07, 6.45) is 9.90. The lowest BCUT2D eigenvalue weighted by Crippen LogP contribution is -2.56. The van der Waals surface area contributed by atoms with Crippen molar-refractivity contribution in [3.63, 3.8) is 0 Å². The number of ketones is 1. The predicted octanol–water partition coefficient (Wildman–Crippen LogP) is 4.89. The topological polar surface area (TPSA) is 55.8 Å². The van der Waals surface area contributed by atoms with Gasteiger partial charge in [-0.25, -0.2) is 0 Å². The Morgan fingerprint density at radius 1 is 1.10 bits per heavy atom. The number of hydrogen-bond donors (Lipinski definition) is 1. The molecule has 4 nitrogen and oxygen atoms in total. The Morgan fingerprint density at radius 2 is 1.90 bits per heavy atom. The summed E-state index contributed by atoms with van der Waals surface area (Å²) in [4.78, 5) is 12.1. The molecule has 6 aliphatic rings. The van der Waals surface area contributed by atoms with Crippen LogP contribution < -0.4 is 0 Å². The Balaban J connectivity index is 1.30. The summed E-state index contributed by atoms with van der Waals surface area (Å²) in [6.45, 7) is 10.3. The molecule has 1 N–H and O–H groups in total. The van der Waals surface area contributed by atoms with E-state index in [0.717, 1.165) is 32.3 Å². The Bertz CT molecular complexity index is 810. The van der Waals surface area contributed by atoms with Crippen molar-refractivity contribution in [1.82, 2.24) is 0 Å². The van der Waals surface area contributed by atoms with Gasteiger partial charge in [-0.2, -0.15) is 0 Å². The molecule has 0 unspecified atom stereocenters. The fourth-order valence-corrected chi connectivity index (χ4v) is 9.63. The van der Waals surface area contributed by atoms with Crippen LogP contribution in [-0.2, 0) is 14.3 Å². The largest absolute Gasteiger partial charge is 0.392 e. The van der Waals surface area contributed by atoms with Gasteiger partial charge >= 0.3 is 0 Å². The molecule has 11 atom stereocenters. The van der Waals surface area contributed by atoms with Crippen molar-refractivity contribution in [2.24, 2.45) is 46.3 Å². The minimum absolute atomic E-state index is 0.115. The van der Waals surface area contributed by atoms with E-state index < -0.39 is 6.10 Å². The van der Waals surface area contributed by atoms with E-state index >= 15 is 0 Å². The molecular formula is C27H40O4. The zero-order chi connectivity index (χ0) is 21.8. The van der Waals surface area contributed by atoms with E-state index in [2.05, 4.69) is 27.7 Å². The standard InChI is InChI=1S/C27H40O4/c1-15-7-10-27(30-14-15)16(2)24-22(31-27)13-21-19-6-5-17-11-18(28)12-23(29)26(17,4)20(19)8-9-25(21,24)3/h11,15-16,19-24,29H,5-10,12-14H2,1-4H3/t15-,16+,19-,20+,21+,22+,23-,24+,25+,26+,27-/m1/s1. The van der Waals surface area contributed by atoms with E-state index in [-0.39, 0.29) is 17.0 Å². The minimum atomic E-state index is -0.519. The van der Waals surface area contributed by atoms with Crippen LogP contribution in [0.1, 0.15) is 79.1 Å². The third-order valence-electron chi connectivity index (χ3n) is 11.3. The Morgan fingerprint density at radius 3 is 2.65 bits per heavy atom. The molecular weight excluding hydrogens is 388 g/mol. The molecule has 3 saturated carbocycles. The number of rotatable bonds is 0. The van der Waals surface area contributed by atoms with Crippen molar-refractivity contribution in [3.05, 3.63) is 11.6 Å². The van der Waals surface area contributed by atoms with Gasteiger partial charge in [-0.15, -0.1) is 0 Å². The molecule has 4 heteroatoms. The highest BCUT2D eigenvalue weighted by Gasteiger charge is 2.69. The van der Waals surface area contributed by atoms with Crippen LogP contribution in [0.3, 0.4) is 0 Å².